The molecule has 1 aromatic heterocycles. The van der Waals surface area contributed by atoms with E-state index in [1.807, 2.05) is 50.2 Å². The molecule has 2 aromatic carbocycles. The molecule has 0 aliphatic heterocycles. The van der Waals surface area contributed by atoms with E-state index in [0.717, 1.165) is 33.6 Å². The number of hydrogen-bond acceptors (Lipinski definition) is 5. The fourth-order valence-corrected chi connectivity index (χ4v) is 3.25. The third kappa shape index (κ3) is 4.39. The molecule has 0 spiro atoms. The van der Waals surface area contributed by atoms with Gasteiger partial charge in [-0.1, -0.05) is 6.07 Å². The molecule has 0 bridgehead atoms. The number of carbonyl (C=O) groups is 1. The number of furan rings is 1. The Kier molecular flexibility index (Phi) is 6.16. The van der Waals surface area contributed by atoms with Gasteiger partial charge in [0.2, 0.25) is 0 Å². The second kappa shape index (κ2) is 8.77. The maximum absolute atomic E-state index is 12.4. The summed E-state index contributed by atoms with van der Waals surface area (Å²) in [4.78, 5) is 12.4. The Hall–Kier alpha value is -3.35. The summed E-state index contributed by atoms with van der Waals surface area (Å²) in [6.07, 6.45) is 0. The Balaban J connectivity index is 1.65. The minimum atomic E-state index is -0.293. The number of hydrogen-bond donors (Lipinski definition) is 2. The number of carbonyl (C=O) groups excluding carboxylic acids is 1. The summed E-state index contributed by atoms with van der Waals surface area (Å²) >= 11 is 0. The molecule has 0 saturated heterocycles. The van der Waals surface area contributed by atoms with Crippen molar-refractivity contribution in [1.82, 2.24) is 10.6 Å². The molecule has 2 N–H and O–H groups in total. The zero-order valence-electron chi connectivity index (χ0n) is 17.3. The number of rotatable bonds is 7. The van der Waals surface area contributed by atoms with Crippen molar-refractivity contribution >= 4 is 17.0 Å². The SMILES string of the molecule is COc1ccc2oc(C(C)NC(=O)NCc3ccc(OC)c(OC)c3)c(C)c2c1. The molecule has 3 aromatic rings. The number of nitrogens with one attached hydrogen (secondary N) is 2. The molecule has 0 aliphatic rings. The maximum atomic E-state index is 12.4. The van der Waals surface area contributed by atoms with Gasteiger partial charge in [0, 0.05) is 17.5 Å². The van der Waals surface area contributed by atoms with Crippen LogP contribution in [-0.4, -0.2) is 27.4 Å². The predicted octanol–water partition coefficient (Wildman–Crippen LogP) is 4.33. The second-order valence-corrected chi connectivity index (χ2v) is 6.69. The number of ether oxygens (including phenoxy) is 3. The van der Waals surface area contributed by atoms with E-state index in [1.54, 1.807) is 21.3 Å². The van der Waals surface area contributed by atoms with Crippen molar-refractivity contribution in [2.75, 3.05) is 21.3 Å². The van der Waals surface area contributed by atoms with Crippen LogP contribution in [0.5, 0.6) is 17.2 Å². The number of urea groups is 1. The molecule has 0 aliphatic carbocycles. The Labute approximate surface area is 169 Å². The minimum Gasteiger partial charge on any atom is -0.497 e. The van der Waals surface area contributed by atoms with Gasteiger partial charge >= 0.3 is 6.03 Å². The van der Waals surface area contributed by atoms with Crippen LogP contribution in [0.2, 0.25) is 0 Å². The molecule has 0 radical (unpaired) electrons. The van der Waals surface area contributed by atoms with Gasteiger partial charge in [-0.2, -0.15) is 0 Å². The fourth-order valence-electron chi connectivity index (χ4n) is 3.25. The van der Waals surface area contributed by atoms with Crippen LogP contribution in [0, 0.1) is 6.92 Å². The van der Waals surface area contributed by atoms with Crippen LogP contribution in [0.4, 0.5) is 4.79 Å². The van der Waals surface area contributed by atoms with E-state index in [2.05, 4.69) is 10.6 Å². The monoisotopic (exact) mass is 398 g/mol. The maximum Gasteiger partial charge on any atom is 0.315 e. The van der Waals surface area contributed by atoms with Crippen LogP contribution in [0.1, 0.15) is 29.9 Å². The highest BCUT2D eigenvalue weighted by Gasteiger charge is 2.19. The first-order valence-corrected chi connectivity index (χ1v) is 9.29. The van der Waals surface area contributed by atoms with Gasteiger partial charge in [-0.3, -0.25) is 0 Å². The van der Waals surface area contributed by atoms with Crippen LogP contribution < -0.4 is 24.8 Å². The van der Waals surface area contributed by atoms with Crippen molar-refractivity contribution in [1.29, 1.82) is 0 Å². The van der Waals surface area contributed by atoms with Gasteiger partial charge in [-0.05, 0) is 49.7 Å². The lowest BCUT2D eigenvalue weighted by atomic mass is 10.1. The van der Waals surface area contributed by atoms with Crippen molar-refractivity contribution in [2.24, 2.45) is 0 Å². The van der Waals surface area contributed by atoms with Crippen LogP contribution in [0.25, 0.3) is 11.0 Å². The smallest absolute Gasteiger partial charge is 0.315 e. The summed E-state index contributed by atoms with van der Waals surface area (Å²) in [6.45, 7) is 4.22. The number of amides is 2. The third-order valence-corrected chi connectivity index (χ3v) is 4.82. The van der Waals surface area contributed by atoms with Gasteiger partial charge in [0.1, 0.15) is 17.1 Å². The lowest BCUT2D eigenvalue weighted by molar-refractivity contribution is 0.236. The van der Waals surface area contributed by atoms with E-state index < -0.39 is 0 Å². The highest BCUT2D eigenvalue weighted by Crippen LogP contribution is 2.32. The molecule has 1 atom stereocenters. The topological polar surface area (TPSA) is 82.0 Å². The van der Waals surface area contributed by atoms with E-state index in [0.29, 0.717) is 18.0 Å². The average Bonchev–Trinajstić information content (AvgIpc) is 3.07. The number of methoxy groups -OCH3 is 3. The molecule has 1 heterocycles. The molecule has 1 unspecified atom stereocenters. The molecule has 29 heavy (non-hydrogen) atoms. The first-order valence-electron chi connectivity index (χ1n) is 9.29. The molecule has 3 rings (SSSR count). The largest absolute Gasteiger partial charge is 0.497 e. The summed E-state index contributed by atoms with van der Waals surface area (Å²) < 4.78 is 21.7. The van der Waals surface area contributed by atoms with Crippen LogP contribution >= 0.6 is 0 Å². The Morgan fingerprint density at radius 1 is 1.03 bits per heavy atom. The highest BCUT2D eigenvalue weighted by molar-refractivity contribution is 5.84. The van der Waals surface area contributed by atoms with Gasteiger partial charge in [-0.15, -0.1) is 0 Å². The van der Waals surface area contributed by atoms with Gasteiger partial charge in [0.05, 0.1) is 27.4 Å². The standard InChI is InChI=1S/C22H26N2O5/c1-13-17-11-16(26-3)7-9-18(17)29-21(13)14(2)24-22(25)23-12-15-6-8-19(27-4)20(10-15)28-5/h6-11,14H,12H2,1-5H3,(H2,23,24,25). The molecule has 7 heteroatoms. The van der Waals surface area contributed by atoms with Gasteiger partial charge in [0.25, 0.3) is 0 Å². The first kappa shape index (κ1) is 20.4. The zero-order chi connectivity index (χ0) is 21.0. The molecule has 0 fully saturated rings. The molecule has 0 saturated carbocycles. The Morgan fingerprint density at radius 2 is 1.79 bits per heavy atom. The van der Waals surface area contributed by atoms with Crippen molar-refractivity contribution in [3.05, 3.63) is 53.3 Å². The van der Waals surface area contributed by atoms with E-state index in [1.165, 1.54) is 0 Å². The molecular weight excluding hydrogens is 372 g/mol. The first-order chi connectivity index (χ1) is 14.0. The van der Waals surface area contributed by atoms with E-state index >= 15 is 0 Å². The van der Waals surface area contributed by atoms with Crippen molar-refractivity contribution in [2.45, 2.75) is 26.4 Å². The van der Waals surface area contributed by atoms with Crippen LogP contribution in [-0.2, 0) is 6.54 Å². The predicted molar refractivity (Wildman–Crippen MR) is 111 cm³/mol. The quantitative estimate of drug-likeness (QED) is 0.619. The van der Waals surface area contributed by atoms with Gasteiger partial charge in [-0.25, -0.2) is 4.79 Å². The lowest BCUT2D eigenvalue weighted by Crippen LogP contribution is -2.36. The zero-order valence-corrected chi connectivity index (χ0v) is 17.3. The normalized spacial score (nSPS) is 11.8. The highest BCUT2D eigenvalue weighted by atomic mass is 16.5. The van der Waals surface area contributed by atoms with E-state index in [4.69, 9.17) is 18.6 Å². The molecule has 154 valence electrons. The summed E-state index contributed by atoms with van der Waals surface area (Å²) in [5, 5.41) is 6.74. The summed E-state index contributed by atoms with van der Waals surface area (Å²) in [5.74, 6) is 2.75. The number of benzene rings is 2. The number of aryl methyl sites for hydroxylation is 1. The lowest BCUT2D eigenvalue weighted by Gasteiger charge is -2.14. The van der Waals surface area contributed by atoms with Crippen LogP contribution in [0.15, 0.2) is 40.8 Å². The third-order valence-electron chi connectivity index (χ3n) is 4.82. The van der Waals surface area contributed by atoms with E-state index in [-0.39, 0.29) is 12.1 Å². The summed E-state index contributed by atoms with van der Waals surface area (Å²) in [6, 6.07) is 10.6. The molecule has 2 amide bonds. The van der Waals surface area contributed by atoms with E-state index in [9.17, 15) is 4.79 Å². The van der Waals surface area contributed by atoms with Gasteiger partial charge < -0.3 is 29.3 Å². The summed E-state index contributed by atoms with van der Waals surface area (Å²) in [5.41, 5.74) is 2.64. The Bertz CT molecular complexity index is 1010. The Morgan fingerprint density at radius 3 is 2.48 bits per heavy atom. The van der Waals surface area contributed by atoms with Crippen molar-refractivity contribution in [3.8, 4) is 17.2 Å². The van der Waals surface area contributed by atoms with Crippen molar-refractivity contribution in [3.63, 3.8) is 0 Å². The second-order valence-electron chi connectivity index (χ2n) is 6.69. The van der Waals surface area contributed by atoms with Crippen molar-refractivity contribution < 1.29 is 23.4 Å². The fraction of sp³-hybridized carbons (Fsp3) is 0.318. The summed E-state index contributed by atoms with van der Waals surface area (Å²) in [7, 11) is 4.79. The molecule has 7 nitrogen and oxygen atoms in total. The minimum absolute atomic E-state index is 0.287. The molecular formula is C22H26N2O5. The van der Waals surface area contributed by atoms with Crippen LogP contribution in [0.3, 0.4) is 0 Å². The van der Waals surface area contributed by atoms with Gasteiger partial charge in [0.15, 0.2) is 11.5 Å². The number of fused-ring (bicyclic) bond motifs is 1. The average molecular weight is 398 g/mol.